The summed E-state index contributed by atoms with van der Waals surface area (Å²) >= 11 is 0. The number of carbonyl (C=O) groups excluding carboxylic acids is 3. The monoisotopic (exact) mass is 832 g/mol. The van der Waals surface area contributed by atoms with Gasteiger partial charge in [0.05, 0.1) is 17.3 Å². The zero-order chi connectivity index (χ0) is 43.4. The highest BCUT2D eigenvalue weighted by molar-refractivity contribution is 5.87. The Morgan fingerprint density at radius 3 is 2.02 bits per heavy atom. The molecule has 0 heterocycles. The van der Waals surface area contributed by atoms with E-state index in [4.69, 9.17) is 4.74 Å². The van der Waals surface area contributed by atoms with Crippen molar-refractivity contribution in [2.24, 2.45) is 97.6 Å². The van der Waals surface area contributed by atoms with Crippen molar-refractivity contribution in [3.8, 4) is 0 Å². The van der Waals surface area contributed by atoms with Crippen molar-refractivity contribution in [2.75, 3.05) is 0 Å². The molecule has 0 radical (unpaired) electrons. The van der Waals surface area contributed by atoms with E-state index in [1.54, 1.807) is 0 Å². The molecule has 6 unspecified atom stereocenters. The SMILES string of the molecule is CCCCCCC(CC)C(=O)[C@H]1C[C@@H](NC(=O)[C@@]23CCC4C(CCC5[C@@]4(C)CCC4C(C)(C)[C@@H](OC(=O)[C@H]6C[C@@H](C(=O)O)[C@H]6C)CC[C@@]45C)C2[C@H](C2(C)CC2)CC3)C1(C)C. The number of ether oxygens (including phenoxy) is 1. The third-order valence-electron chi connectivity index (χ3n) is 21.8. The molecule has 0 saturated heterocycles. The van der Waals surface area contributed by atoms with Crippen LogP contribution in [0.15, 0.2) is 0 Å². The van der Waals surface area contributed by atoms with Crippen LogP contribution < -0.4 is 5.32 Å². The Labute approximate surface area is 364 Å². The second kappa shape index (κ2) is 15.7. The Morgan fingerprint density at radius 1 is 0.717 bits per heavy atom. The number of carboxylic acids is 1. The maximum absolute atomic E-state index is 15.2. The normalized spacial score (nSPS) is 45.8. The number of hydrogen-bond acceptors (Lipinski definition) is 5. The lowest BCUT2D eigenvalue weighted by atomic mass is 9.36. The first kappa shape index (κ1) is 44.7. The van der Waals surface area contributed by atoms with E-state index in [1.807, 2.05) is 6.92 Å². The van der Waals surface area contributed by atoms with Gasteiger partial charge in [-0.15, -0.1) is 0 Å². The number of Topliss-reactive ketones (excluding diaryl/α,β-unsaturated/α-hetero) is 1. The van der Waals surface area contributed by atoms with Gasteiger partial charge in [-0.25, -0.2) is 0 Å². The molecule has 60 heavy (non-hydrogen) atoms. The number of ketones is 1. The van der Waals surface area contributed by atoms with Crippen molar-refractivity contribution in [3.63, 3.8) is 0 Å². The largest absolute Gasteiger partial charge is 0.481 e. The molecule has 7 nitrogen and oxygen atoms in total. The van der Waals surface area contributed by atoms with Gasteiger partial charge in [-0.3, -0.25) is 19.2 Å². The highest BCUT2D eigenvalue weighted by Crippen LogP contribution is 2.76. The molecule has 16 atom stereocenters. The van der Waals surface area contributed by atoms with Crippen LogP contribution >= 0.6 is 0 Å². The fourth-order valence-electron chi connectivity index (χ4n) is 17.4. The molecule has 7 heteroatoms. The van der Waals surface area contributed by atoms with E-state index < -0.39 is 11.9 Å². The molecule has 0 aliphatic heterocycles. The number of fused-ring (bicyclic) bond motifs is 7. The predicted octanol–water partition coefficient (Wildman–Crippen LogP) is 11.8. The molecule has 8 saturated carbocycles. The molecule has 338 valence electrons. The number of rotatable bonds is 14. The van der Waals surface area contributed by atoms with Crippen LogP contribution in [-0.2, 0) is 23.9 Å². The van der Waals surface area contributed by atoms with E-state index in [1.165, 1.54) is 57.8 Å². The summed E-state index contributed by atoms with van der Waals surface area (Å²) in [6.45, 7) is 23.4. The Bertz CT molecular complexity index is 1680. The first-order valence-corrected chi connectivity index (χ1v) is 25.5. The fourth-order valence-corrected chi connectivity index (χ4v) is 17.4. The summed E-state index contributed by atoms with van der Waals surface area (Å²) in [4.78, 5) is 54.2. The summed E-state index contributed by atoms with van der Waals surface area (Å²) < 4.78 is 6.40. The Balaban J connectivity index is 0.970. The lowest BCUT2D eigenvalue weighted by Gasteiger charge is -2.69. The molecule has 8 aliphatic carbocycles. The van der Waals surface area contributed by atoms with Crippen molar-refractivity contribution in [1.82, 2.24) is 5.32 Å². The summed E-state index contributed by atoms with van der Waals surface area (Å²) in [6, 6.07) is 0.0693. The van der Waals surface area contributed by atoms with Crippen LogP contribution in [0, 0.1) is 97.6 Å². The van der Waals surface area contributed by atoms with Gasteiger partial charge in [-0.2, -0.15) is 0 Å². The smallest absolute Gasteiger partial charge is 0.309 e. The molecule has 0 spiro atoms. The molecule has 2 N–H and O–H groups in total. The number of carboxylic acid groups (broad SMARTS) is 1. The average molecular weight is 832 g/mol. The first-order valence-electron chi connectivity index (χ1n) is 25.5. The molecule has 0 aromatic carbocycles. The Kier molecular flexibility index (Phi) is 11.7. The number of aliphatic carboxylic acids is 1. The highest BCUT2D eigenvalue weighted by Gasteiger charge is 2.71. The fraction of sp³-hybridized carbons (Fsp3) is 0.925. The summed E-state index contributed by atoms with van der Waals surface area (Å²) in [5, 5.41) is 13.3. The number of nitrogens with one attached hydrogen (secondary N) is 1. The van der Waals surface area contributed by atoms with Gasteiger partial charge < -0.3 is 15.2 Å². The van der Waals surface area contributed by atoms with Crippen LogP contribution in [0.5, 0.6) is 0 Å². The van der Waals surface area contributed by atoms with E-state index in [0.29, 0.717) is 59.0 Å². The quantitative estimate of drug-likeness (QED) is 0.133. The lowest BCUT2D eigenvalue weighted by molar-refractivity contribution is -0.226. The Morgan fingerprint density at radius 2 is 1.40 bits per heavy atom. The molecule has 0 aromatic heterocycles. The summed E-state index contributed by atoms with van der Waals surface area (Å²) in [7, 11) is 0. The van der Waals surface area contributed by atoms with Crippen LogP contribution in [0.3, 0.4) is 0 Å². The lowest BCUT2D eigenvalue weighted by Crippen LogP contribution is -2.66. The van der Waals surface area contributed by atoms with E-state index in [-0.39, 0.29) is 68.9 Å². The second-order valence-corrected chi connectivity index (χ2v) is 24.9. The molecular weight excluding hydrogens is 747 g/mol. The maximum atomic E-state index is 15.2. The van der Waals surface area contributed by atoms with Gasteiger partial charge in [0.25, 0.3) is 0 Å². The van der Waals surface area contributed by atoms with Gasteiger partial charge in [-0.05, 0) is 166 Å². The van der Waals surface area contributed by atoms with E-state index in [9.17, 15) is 19.5 Å². The van der Waals surface area contributed by atoms with Crippen LogP contribution in [0.2, 0.25) is 0 Å². The number of carbonyl (C=O) groups is 4. The number of unbranched alkanes of at least 4 members (excludes halogenated alkanes) is 3. The van der Waals surface area contributed by atoms with Crippen molar-refractivity contribution < 1.29 is 29.0 Å². The van der Waals surface area contributed by atoms with Gasteiger partial charge in [0.15, 0.2) is 0 Å². The molecule has 0 aromatic rings. The summed E-state index contributed by atoms with van der Waals surface area (Å²) in [5.74, 6) is 2.46. The van der Waals surface area contributed by atoms with Crippen molar-refractivity contribution in [1.29, 1.82) is 0 Å². The van der Waals surface area contributed by atoms with Crippen molar-refractivity contribution in [2.45, 2.75) is 210 Å². The standard InChI is InChI=1S/C53H85NO6/c1-11-13-14-15-16-32(12-2)44(55)38-30-41(48(38,4)5)54-47(59)53-25-19-36-33(43(53)37(20-26-53)50(8)27-28-50)17-18-40-51(36,9)23-21-39-49(6,7)42(22-24-52(39,40)10)60-46(58)35-29-34(31(35)3)45(56)57/h31-43H,11-30H2,1-10H3,(H,54,59)(H,56,57)/t31-,32?,33?,34-,35+,36?,37-,38-,39?,40?,41-,42+,43?,51+,52+,53-/m1/s1. The van der Waals surface area contributed by atoms with E-state index in [0.717, 1.165) is 64.2 Å². The molecule has 8 rings (SSSR count). The number of hydrogen-bond donors (Lipinski definition) is 2. The van der Waals surface area contributed by atoms with E-state index in [2.05, 4.69) is 67.6 Å². The first-order chi connectivity index (χ1) is 28.2. The van der Waals surface area contributed by atoms with Gasteiger partial charge in [-0.1, -0.05) is 94.9 Å². The molecule has 8 aliphatic rings. The zero-order valence-electron chi connectivity index (χ0n) is 39.6. The van der Waals surface area contributed by atoms with Crippen LogP contribution in [0.25, 0.3) is 0 Å². The van der Waals surface area contributed by atoms with Crippen LogP contribution in [0.1, 0.15) is 198 Å². The number of esters is 1. The van der Waals surface area contributed by atoms with Gasteiger partial charge >= 0.3 is 11.9 Å². The van der Waals surface area contributed by atoms with Crippen molar-refractivity contribution in [3.05, 3.63) is 0 Å². The zero-order valence-corrected chi connectivity index (χ0v) is 39.6. The highest BCUT2D eigenvalue weighted by atomic mass is 16.5. The summed E-state index contributed by atoms with van der Waals surface area (Å²) in [5.41, 5.74) is 0.129. The minimum absolute atomic E-state index is 0.0431. The maximum Gasteiger partial charge on any atom is 0.309 e. The average Bonchev–Trinajstić information content (AvgIpc) is 3.79. The Hall–Kier alpha value is -1.92. The van der Waals surface area contributed by atoms with Crippen molar-refractivity contribution >= 4 is 23.6 Å². The van der Waals surface area contributed by atoms with Crippen LogP contribution in [-0.4, -0.2) is 40.9 Å². The summed E-state index contributed by atoms with van der Waals surface area (Å²) in [6.07, 6.45) is 21.6. The second-order valence-electron chi connectivity index (χ2n) is 24.9. The minimum Gasteiger partial charge on any atom is -0.481 e. The van der Waals surface area contributed by atoms with Gasteiger partial charge in [0.1, 0.15) is 11.9 Å². The predicted molar refractivity (Wildman–Crippen MR) is 237 cm³/mol. The van der Waals surface area contributed by atoms with E-state index >= 15 is 4.79 Å². The third-order valence-corrected chi connectivity index (χ3v) is 21.8. The molecular formula is C53H85NO6. The molecule has 8 fully saturated rings. The minimum atomic E-state index is -0.800. The third kappa shape index (κ3) is 6.81. The number of amides is 1. The molecule has 1 amide bonds. The van der Waals surface area contributed by atoms with Gasteiger partial charge in [0, 0.05) is 23.3 Å². The molecule has 0 bridgehead atoms. The van der Waals surface area contributed by atoms with Gasteiger partial charge in [0.2, 0.25) is 5.91 Å². The van der Waals surface area contributed by atoms with Crippen LogP contribution in [0.4, 0.5) is 0 Å². The topological polar surface area (TPSA) is 110 Å².